The van der Waals surface area contributed by atoms with Crippen molar-refractivity contribution >= 4 is 5.97 Å². The lowest BCUT2D eigenvalue weighted by Gasteiger charge is -2.25. The van der Waals surface area contributed by atoms with Gasteiger partial charge in [-0.1, -0.05) is 0 Å². The number of hydrogen-bond acceptors (Lipinski definition) is 5. The lowest BCUT2D eigenvalue weighted by molar-refractivity contribution is -0.202. The van der Waals surface area contributed by atoms with Crippen LogP contribution in [0.3, 0.4) is 0 Å². The summed E-state index contributed by atoms with van der Waals surface area (Å²) in [4.78, 5) is 11.2. The summed E-state index contributed by atoms with van der Waals surface area (Å²) in [5, 5.41) is 0. The van der Waals surface area contributed by atoms with Gasteiger partial charge in [-0.05, 0) is 6.92 Å². The Balaban J connectivity index is 2.46. The summed E-state index contributed by atoms with van der Waals surface area (Å²) in [6.45, 7) is 3.34. The third-order valence-electron chi connectivity index (χ3n) is 1.90. The molecular formula is C9H16O5. The summed E-state index contributed by atoms with van der Waals surface area (Å²) in [5.74, 6) is -1.26. The molecule has 0 radical (unpaired) electrons. The Kier molecular flexibility index (Phi) is 4.31. The second-order valence-corrected chi connectivity index (χ2v) is 3.02. The molecule has 14 heavy (non-hydrogen) atoms. The van der Waals surface area contributed by atoms with Gasteiger partial charge in [-0.2, -0.15) is 0 Å². The maximum atomic E-state index is 11.2. The van der Waals surface area contributed by atoms with E-state index in [1.165, 1.54) is 7.11 Å². The molecule has 0 aromatic carbocycles. The van der Waals surface area contributed by atoms with E-state index in [9.17, 15) is 4.79 Å². The highest BCUT2D eigenvalue weighted by molar-refractivity contribution is 5.70. The van der Waals surface area contributed by atoms with Gasteiger partial charge in [0.15, 0.2) is 0 Å². The van der Waals surface area contributed by atoms with Crippen molar-refractivity contribution < 1.29 is 23.7 Å². The number of carbonyl (C=O) groups excluding carboxylic acids is 1. The Morgan fingerprint density at radius 1 is 1.43 bits per heavy atom. The predicted octanol–water partition coefficient (Wildman–Crippen LogP) is 0.329. The maximum absolute atomic E-state index is 11.2. The molecule has 0 bridgehead atoms. The van der Waals surface area contributed by atoms with Crippen molar-refractivity contribution in [1.29, 1.82) is 0 Å². The number of rotatable bonds is 5. The third kappa shape index (κ3) is 2.94. The van der Waals surface area contributed by atoms with Crippen molar-refractivity contribution in [2.45, 2.75) is 19.1 Å². The molecule has 0 amide bonds. The minimum atomic E-state index is -0.930. The molecule has 5 heteroatoms. The van der Waals surface area contributed by atoms with Crippen molar-refractivity contribution in [3.8, 4) is 0 Å². The molecule has 0 unspecified atom stereocenters. The molecule has 0 aliphatic carbocycles. The fourth-order valence-electron chi connectivity index (χ4n) is 1.39. The van der Waals surface area contributed by atoms with E-state index in [4.69, 9.17) is 18.9 Å². The van der Waals surface area contributed by atoms with Gasteiger partial charge in [0.1, 0.15) is 13.0 Å². The van der Waals surface area contributed by atoms with Crippen LogP contribution in [0.4, 0.5) is 0 Å². The van der Waals surface area contributed by atoms with E-state index < -0.39 is 5.79 Å². The lowest BCUT2D eigenvalue weighted by atomic mass is 10.2. The minimum Gasteiger partial charge on any atom is -0.466 e. The summed E-state index contributed by atoms with van der Waals surface area (Å²) in [5.41, 5.74) is 0. The fraction of sp³-hybridized carbons (Fsp3) is 0.889. The molecule has 0 spiro atoms. The van der Waals surface area contributed by atoms with Gasteiger partial charge in [-0.3, -0.25) is 4.79 Å². The van der Waals surface area contributed by atoms with Crippen LogP contribution in [0, 0.1) is 0 Å². The van der Waals surface area contributed by atoms with Crippen molar-refractivity contribution in [3.05, 3.63) is 0 Å². The van der Waals surface area contributed by atoms with E-state index in [1.54, 1.807) is 6.92 Å². The van der Waals surface area contributed by atoms with Crippen molar-refractivity contribution in [3.63, 3.8) is 0 Å². The average Bonchev–Trinajstić information content (AvgIpc) is 2.54. The van der Waals surface area contributed by atoms with E-state index in [-0.39, 0.29) is 19.0 Å². The molecule has 1 aliphatic heterocycles. The van der Waals surface area contributed by atoms with Gasteiger partial charge in [0.25, 0.3) is 0 Å². The molecule has 0 aromatic rings. The van der Waals surface area contributed by atoms with Crippen molar-refractivity contribution in [2.24, 2.45) is 0 Å². The predicted molar refractivity (Wildman–Crippen MR) is 47.8 cm³/mol. The molecule has 0 N–H and O–H groups in total. The zero-order valence-corrected chi connectivity index (χ0v) is 8.58. The summed E-state index contributed by atoms with van der Waals surface area (Å²) in [7, 11) is 1.54. The van der Waals surface area contributed by atoms with E-state index in [0.717, 1.165) is 0 Å². The number of carbonyl (C=O) groups is 1. The van der Waals surface area contributed by atoms with Crippen LogP contribution >= 0.6 is 0 Å². The van der Waals surface area contributed by atoms with E-state index in [1.807, 2.05) is 0 Å². The molecule has 1 saturated heterocycles. The van der Waals surface area contributed by atoms with Gasteiger partial charge >= 0.3 is 5.97 Å². The van der Waals surface area contributed by atoms with Gasteiger partial charge in [0.2, 0.25) is 5.79 Å². The summed E-state index contributed by atoms with van der Waals surface area (Å²) < 4.78 is 20.5. The summed E-state index contributed by atoms with van der Waals surface area (Å²) in [6, 6.07) is 0. The molecule has 1 aliphatic rings. The highest BCUT2D eigenvalue weighted by atomic mass is 16.8. The lowest BCUT2D eigenvalue weighted by Crippen LogP contribution is -2.38. The molecule has 0 aromatic heterocycles. The first-order chi connectivity index (χ1) is 6.72. The third-order valence-corrected chi connectivity index (χ3v) is 1.90. The van der Waals surface area contributed by atoms with Crippen LogP contribution in [0.1, 0.15) is 13.3 Å². The van der Waals surface area contributed by atoms with Gasteiger partial charge < -0.3 is 18.9 Å². The van der Waals surface area contributed by atoms with Crippen molar-refractivity contribution in [2.75, 3.05) is 33.5 Å². The quantitative estimate of drug-likeness (QED) is 0.604. The van der Waals surface area contributed by atoms with Gasteiger partial charge in [-0.25, -0.2) is 0 Å². The molecule has 0 saturated carbocycles. The number of ether oxygens (including phenoxy) is 4. The second-order valence-electron chi connectivity index (χ2n) is 3.02. The molecule has 82 valence electrons. The topological polar surface area (TPSA) is 54.0 Å². The molecule has 5 nitrogen and oxygen atoms in total. The first-order valence-electron chi connectivity index (χ1n) is 4.65. The zero-order chi connectivity index (χ0) is 10.4. The van der Waals surface area contributed by atoms with E-state index in [2.05, 4.69) is 0 Å². The Morgan fingerprint density at radius 3 is 2.57 bits per heavy atom. The molecule has 1 heterocycles. The molecule has 1 fully saturated rings. The molecular weight excluding hydrogens is 188 g/mol. The zero-order valence-electron chi connectivity index (χ0n) is 8.58. The van der Waals surface area contributed by atoms with Gasteiger partial charge in [-0.15, -0.1) is 0 Å². The number of esters is 1. The SMILES string of the molecule is CCOC(=O)CC1(COC)OCCO1. The van der Waals surface area contributed by atoms with Crippen LogP contribution in [0.25, 0.3) is 0 Å². The van der Waals surface area contributed by atoms with Crippen LogP contribution in [-0.4, -0.2) is 45.3 Å². The van der Waals surface area contributed by atoms with Crippen LogP contribution < -0.4 is 0 Å². The second kappa shape index (κ2) is 5.29. The minimum absolute atomic E-state index is 0.0781. The Morgan fingerprint density at radius 2 is 2.07 bits per heavy atom. The normalized spacial score (nSPS) is 19.6. The summed E-state index contributed by atoms with van der Waals surface area (Å²) >= 11 is 0. The molecule has 1 rings (SSSR count). The van der Waals surface area contributed by atoms with E-state index in [0.29, 0.717) is 19.8 Å². The van der Waals surface area contributed by atoms with Gasteiger partial charge in [0, 0.05) is 7.11 Å². The highest BCUT2D eigenvalue weighted by Crippen LogP contribution is 2.24. The molecule has 0 atom stereocenters. The van der Waals surface area contributed by atoms with Crippen LogP contribution in [0.5, 0.6) is 0 Å². The van der Waals surface area contributed by atoms with E-state index >= 15 is 0 Å². The average molecular weight is 204 g/mol. The van der Waals surface area contributed by atoms with Crippen LogP contribution in [0.2, 0.25) is 0 Å². The Hall–Kier alpha value is -0.650. The largest absolute Gasteiger partial charge is 0.466 e. The number of methoxy groups -OCH3 is 1. The number of hydrogen-bond donors (Lipinski definition) is 0. The Bertz CT molecular complexity index is 186. The summed E-state index contributed by atoms with van der Waals surface area (Å²) in [6.07, 6.45) is 0.0781. The first kappa shape index (κ1) is 11.4. The first-order valence-corrected chi connectivity index (χ1v) is 4.65. The smallest absolute Gasteiger partial charge is 0.311 e. The standard InChI is InChI=1S/C9H16O5/c1-3-12-8(10)6-9(7-11-2)13-4-5-14-9/h3-7H2,1-2H3. The monoisotopic (exact) mass is 204 g/mol. The Labute approximate surface area is 83.3 Å². The van der Waals surface area contributed by atoms with Crippen molar-refractivity contribution in [1.82, 2.24) is 0 Å². The van der Waals surface area contributed by atoms with Gasteiger partial charge in [0.05, 0.1) is 19.8 Å². The highest BCUT2D eigenvalue weighted by Gasteiger charge is 2.39. The maximum Gasteiger partial charge on any atom is 0.311 e. The fourth-order valence-corrected chi connectivity index (χ4v) is 1.39. The van der Waals surface area contributed by atoms with Crippen LogP contribution in [-0.2, 0) is 23.7 Å². The van der Waals surface area contributed by atoms with Crippen LogP contribution in [0.15, 0.2) is 0 Å².